The second-order valence-electron chi connectivity index (χ2n) is 12.8. The number of nitrogens with one attached hydrogen (secondary N) is 1. The van der Waals surface area contributed by atoms with Crippen molar-refractivity contribution in [3.8, 4) is 0 Å². The van der Waals surface area contributed by atoms with Crippen LogP contribution in [0, 0.1) is 5.92 Å². The Kier molecular flexibility index (Phi) is 9.13. The average Bonchev–Trinajstić information content (AvgIpc) is 3.72. The summed E-state index contributed by atoms with van der Waals surface area (Å²) in [7, 11) is -3.51. The average molecular weight is 660 g/mol. The largest absolute Gasteiger partial charge is 0.444 e. The lowest BCUT2D eigenvalue weighted by Gasteiger charge is -2.28. The minimum atomic E-state index is -4.42. The van der Waals surface area contributed by atoms with Crippen LogP contribution < -0.4 is 5.32 Å². The van der Waals surface area contributed by atoms with E-state index in [1.807, 2.05) is 0 Å². The number of amides is 2. The maximum Gasteiger partial charge on any atom is 0.417 e. The Morgan fingerprint density at radius 2 is 1.74 bits per heavy atom. The topological polar surface area (TPSA) is 131 Å². The lowest BCUT2D eigenvalue weighted by atomic mass is 9.95. The van der Waals surface area contributed by atoms with Crippen LogP contribution in [0.4, 0.5) is 23.7 Å². The number of rotatable bonds is 9. The molecule has 10 nitrogen and oxygen atoms in total. The minimum absolute atomic E-state index is 0.00775. The number of nitrogens with zero attached hydrogens (tertiary/aromatic N) is 4. The Hall–Kier alpha value is -4.07. The summed E-state index contributed by atoms with van der Waals surface area (Å²) in [5.74, 6) is 0.564. The van der Waals surface area contributed by atoms with Gasteiger partial charge in [-0.3, -0.25) is 14.7 Å². The van der Waals surface area contributed by atoms with Crippen molar-refractivity contribution in [2.24, 2.45) is 5.92 Å². The Morgan fingerprint density at radius 1 is 1.04 bits per heavy atom. The molecular weight excluding hydrogens is 623 g/mol. The molecule has 14 heteroatoms. The zero-order valence-corrected chi connectivity index (χ0v) is 26.8. The number of hydrogen-bond donors (Lipinski definition) is 1. The number of hydrogen-bond acceptors (Lipinski definition) is 8. The molecule has 1 unspecified atom stereocenters. The number of sulfone groups is 1. The summed E-state index contributed by atoms with van der Waals surface area (Å²) in [6, 6.07) is 5.80. The number of fused-ring (bicyclic) bond motifs is 1. The molecule has 1 aliphatic carbocycles. The highest BCUT2D eigenvalue weighted by Crippen LogP contribution is 2.44. The lowest BCUT2D eigenvalue weighted by molar-refractivity contribution is -0.137. The number of benzene rings is 1. The van der Waals surface area contributed by atoms with Gasteiger partial charge >= 0.3 is 12.3 Å². The van der Waals surface area contributed by atoms with Gasteiger partial charge in [0.1, 0.15) is 17.5 Å². The third-order valence-corrected chi connectivity index (χ3v) is 9.04. The van der Waals surface area contributed by atoms with Crippen molar-refractivity contribution in [3.63, 3.8) is 0 Å². The van der Waals surface area contributed by atoms with Crippen LogP contribution in [0.15, 0.2) is 53.8 Å². The highest BCUT2D eigenvalue weighted by atomic mass is 32.2. The SMILES string of the molecule is CC(C)(C)OC(=O)N1Cc2cc(S(C)(=O)=O)ccc2[C@@H]1C(=O)Nc1cnc(C(CCCc2ccc(C(F)(F)F)cn2)C2CC2)nc1. The number of anilines is 1. The van der Waals surface area contributed by atoms with Crippen molar-refractivity contribution in [3.05, 3.63) is 77.1 Å². The summed E-state index contributed by atoms with van der Waals surface area (Å²) >= 11 is 0. The van der Waals surface area contributed by atoms with Gasteiger partial charge in [-0.2, -0.15) is 13.2 Å². The number of carbonyl (C=O) groups excluding carboxylic acids is 2. The smallest absolute Gasteiger partial charge is 0.417 e. The van der Waals surface area contributed by atoms with Gasteiger partial charge in [0, 0.05) is 24.1 Å². The van der Waals surface area contributed by atoms with Crippen molar-refractivity contribution in [2.75, 3.05) is 11.6 Å². The molecule has 0 saturated heterocycles. The number of aromatic nitrogens is 3. The van der Waals surface area contributed by atoms with E-state index >= 15 is 0 Å². The molecule has 2 aromatic heterocycles. The first-order valence-corrected chi connectivity index (χ1v) is 16.9. The van der Waals surface area contributed by atoms with Crippen LogP contribution >= 0.6 is 0 Å². The van der Waals surface area contributed by atoms with Gasteiger partial charge in [0.25, 0.3) is 5.91 Å². The minimum Gasteiger partial charge on any atom is -0.444 e. The summed E-state index contributed by atoms with van der Waals surface area (Å²) in [5, 5.41) is 2.79. The molecule has 5 rings (SSSR count). The van der Waals surface area contributed by atoms with E-state index in [1.54, 1.807) is 26.8 Å². The van der Waals surface area contributed by atoms with E-state index in [-0.39, 0.29) is 17.4 Å². The van der Waals surface area contributed by atoms with Gasteiger partial charge in [-0.1, -0.05) is 6.07 Å². The van der Waals surface area contributed by atoms with Gasteiger partial charge in [0.15, 0.2) is 9.84 Å². The second-order valence-corrected chi connectivity index (χ2v) is 14.9. The van der Waals surface area contributed by atoms with Gasteiger partial charge in [-0.25, -0.2) is 23.2 Å². The molecule has 46 heavy (non-hydrogen) atoms. The van der Waals surface area contributed by atoms with E-state index in [4.69, 9.17) is 4.74 Å². The predicted molar refractivity (Wildman–Crippen MR) is 162 cm³/mol. The van der Waals surface area contributed by atoms with Crippen LogP contribution in [-0.4, -0.2) is 52.1 Å². The quantitative estimate of drug-likeness (QED) is 0.286. The number of aryl methyl sites for hydroxylation is 1. The summed E-state index contributed by atoms with van der Waals surface area (Å²) in [5.41, 5.74) is 0.332. The molecular formula is C32H36F3N5O5S. The Labute approximate surface area is 265 Å². The van der Waals surface area contributed by atoms with Crippen molar-refractivity contribution in [2.45, 2.75) is 88.1 Å². The van der Waals surface area contributed by atoms with Gasteiger partial charge in [-0.05, 0) is 94.2 Å². The number of ether oxygens (including phenoxy) is 1. The van der Waals surface area contributed by atoms with Crippen molar-refractivity contribution in [1.82, 2.24) is 19.9 Å². The molecule has 1 N–H and O–H groups in total. The monoisotopic (exact) mass is 659 g/mol. The lowest BCUT2D eigenvalue weighted by Crippen LogP contribution is -2.40. The molecule has 3 aromatic rings. The molecule has 3 heterocycles. The van der Waals surface area contributed by atoms with Gasteiger partial charge < -0.3 is 10.1 Å². The molecule has 0 bridgehead atoms. The molecule has 1 fully saturated rings. The highest BCUT2D eigenvalue weighted by molar-refractivity contribution is 7.90. The standard InChI is InChI=1S/C32H36F3N5O5S/c1-31(2,3)45-30(42)40-18-20-14-24(46(4,43)44)12-13-25(20)27(40)29(41)39-23-16-37-28(38-17-23)26(19-8-9-19)7-5-6-22-11-10-21(15-36-22)32(33,34)35/h10-17,19,26-27H,5-9,18H2,1-4H3,(H,39,41)/t26?,27-/m1/s1. The van der Waals surface area contributed by atoms with Gasteiger partial charge in [0.2, 0.25) is 0 Å². The summed E-state index contributed by atoms with van der Waals surface area (Å²) in [4.78, 5) is 41.1. The zero-order chi connectivity index (χ0) is 33.4. The fraction of sp³-hybridized carbons (Fsp3) is 0.469. The number of pyridine rings is 1. The predicted octanol–water partition coefficient (Wildman–Crippen LogP) is 6.24. The van der Waals surface area contributed by atoms with Crippen molar-refractivity contribution in [1.29, 1.82) is 0 Å². The van der Waals surface area contributed by atoms with Gasteiger partial charge in [0.05, 0.1) is 35.1 Å². The Balaban J connectivity index is 1.27. The zero-order valence-electron chi connectivity index (χ0n) is 26.0. The Bertz CT molecular complexity index is 1700. The Morgan fingerprint density at radius 3 is 2.30 bits per heavy atom. The number of halogens is 3. The highest BCUT2D eigenvalue weighted by Gasteiger charge is 2.41. The molecule has 1 saturated carbocycles. The van der Waals surface area contributed by atoms with Gasteiger partial charge in [-0.15, -0.1) is 0 Å². The fourth-order valence-corrected chi connectivity index (χ4v) is 6.23. The molecule has 2 atom stereocenters. The molecule has 0 spiro atoms. The fourth-order valence-electron chi connectivity index (χ4n) is 5.55. The van der Waals surface area contributed by atoms with E-state index < -0.39 is 45.2 Å². The first kappa shape index (κ1) is 33.3. The van der Waals surface area contributed by atoms with Crippen LogP contribution in [-0.2, 0) is 38.5 Å². The normalized spacial score (nSPS) is 17.4. The van der Waals surface area contributed by atoms with Crippen LogP contribution in [0.2, 0.25) is 0 Å². The van der Waals surface area contributed by atoms with E-state index in [0.29, 0.717) is 47.1 Å². The van der Waals surface area contributed by atoms with Crippen LogP contribution in [0.25, 0.3) is 0 Å². The number of carbonyl (C=O) groups is 2. The number of alkyl halides is 3. The molecule has 0 radical (unpaired) electrons. The maximum absolute atomic E-state index is 13.6. The van der Waals surface area contributed by atoms with Crippen molar-refractivity contribution < 1.29 is 35.9 Å². The third-order valence-electron chi connectivity index (χ3n) is 7.93. The third kappa shape index (κ3) is 8.01. The summed E-state index contributed by atoms with van der Waals surface area (Å²) < 4.78 is 68.3. The van der Waals surface area contributed by atoms with E-state index in [2.05, 4.69) is 20.3 Å². The maximum atomic E-state index is 13.6. The van der Waals surface area contributed by atoms with Crippen molar-refractivity contribution >= 4 is 27.5 Å². The summed E-state index contributed by atoms with van der Waals surface area (Å²) in [6.45, 7) is 5.13. The van der Waals surface area contributed by atoms with E-state index in [9.17, 15) is 31.2 Å². The van der Waals surface area contributed by atoms with E-state index in [1.165, 1.54) is 35.5 Å². The molecule has 246 valence electrons. The molecule has 2 amide bonds. The first-order chi connectivity index (χ1) is 21.5. The summed E-state index contributed by atoms with van der Waals surface area (Å²) in [6.07, 6.45) is 3.86. The second kappa shape index (κ2) is 12.6. The van der Waals surface area contributed by atoms with Crippen LogP contribution in [0.1, 0.15) is 86.6 Å². The van der Waals surface area contributed by atoms with E-state index in [0.717, 1.165) is 37.8 Å². The molecule has 1 aromatic carbocycles. The van der Waals surface area contributed by atoms with Crippen LogP contribution in [0.5, 0.6) is 0 Å². The molecule has 1 aliphatic heterocycles. The molecule has 2 aliphatic rings. The first-order valence-electron chi connectivity index (χ1n) is 15.0. The van der Waals surface area contributed by atoms with Crippen LogP contribution in [0.3, 0.4) is 0 Å².